The molecule has 3 heteroatoms. The maximum atomic E-state index is 10.3. The molecule has 2 aromatic rings. The molecule has 3 atom stereocenters. The third-order valence-electron chi connectivity index (χ3n) is 4.19. The van der Waals surface area contributed by atoms with Gasteiger partial charge in [0.1, 0.15) is 5.75 Å². The first-order valence-corrected chi connectivity index (χ1v) is 7.72. The molecule has 0 saturated carbocycles. The second-order valence-electron chi connectivity index (χ2n) is 5.69. The summed E-state index contributed by atoms with van der Waals surface area (Å²) in [6, 6.07) is 18.3. The van der Waals surface area contributed by atoms with Gasteiger partial charge >= 0.3 is 0 Å². The molecule has 2 N–H and O–H groups in total. The lowest BCUT2D eigenvalue weighted by molar-refractivity contribution is 0.168. The van der Waals surface area contributed by atoms with E-state index >= 15 is 0 Å². The van der Waals surface area contributed by atoms with Crippen LogP contribution in [-0.2, 0) is 0 Å². The number of methoxy groups -OCH3 is 1. The van der Waals surface area contributed by atoms with Crippen LogP contribution in [0.2, 0.25) is 0 Å². The van der Waals surface area contributed by atoms with Crippen molar-refractivity contribution in [2.75, 3.05) is 13.7 Å². The van der Waals surface area contributed by atoms with Gasteiger partial charge in [0.15, 0.2) is 0 Å². The zero-order valence-electron chi connectivity index (χ0n) is 13.5. The standard InChI is InChI=1S/C19H25NO2/c1-14(16-8-5-4-6-9-16)15(2)20-13-19(21)17-10-7-11-18(12-17)22-3/h4-12,14-15,19-21H,13H2,1-3H3. The smallest absolute Gasteiger partial charge is 0.119 e. The monoisotopic (exact) mass is 299 g/mol. The second-order valence-corrected chi connectivity index (χ2v) is 5.69. The maximum Gasteiger partial charge on any atom is 0.119 e. The van der Waals surface area contributed by atoms with Gasteiger partial charge in [-0.3, -0.25) is 0 Å². The van der Waals surface area contributed by atoms with E-state index in [4.69, 9.17) is 4.74 Å². The Hall–Kier alpha value is -1.84. The van der Waals surface area contributed by atoms with Crippen LogP contribution in [0.3, 0.4) is 0 Å². The summed E-state index contributed by atoms with van der Waals surface area (Å²) in [6.07, 6.45) is -0.541. The van der Waals surface area contributed by atoms with Crippen LogP contribution in [-0.4, -0.2) is 24.8 Å². The summed E-state index contributed by atoms with van der Waals surface area (Å²) < 4.78 is 5.20. The number of ether oxygens (including phenoxy) is 1. The molecule has 0 heterocycles. The predicted molar refractivity (Wildman–Crippen MR) is 90.3 cm³/mol. The fourth-order valence-electron chi connectivity index (χ4n) is 2.49. The van der Waals surface area contributed by atoms with E-state index in [0.717, 1.165) is 11.3 Å². The number of hydrogen-bond acceptors (Lipinski definition) is 3. The van der Waals surface area contributed by atoms with Gasteiger partial charge in [-0.05, 0) is 36.1 Å². The van der Waals surface area contributed by atoms with Crippen molar-refractivity contribution in [1.29, 1.82) is 0 Å². The number of rotatable bonds is 7. The van der Waals surface area contributed by atoms with E-state index < -0.39 is 6.10 Å². The van der Waals surface area contributed by atoms with Crippen molar-refractivity contribution in [2.24, 2.45) is 0 Å². The van der Waals surface area contributed by atoms with Gasteiger partial charge in [-0.1, -0.05) is 49.4 Å². The number of nitrogens with one attached hydrogen (secondary N) is 1. The molecule has 0 aliphatic rings. The highest BCUT2D eigenvalue weighted by molar-refractivity contribution is 5.30. The average molecular weight is 299 g/mol. The molecule has 0 spiro atoms. The summed E-state index contributed by atoms with van der Waals surface area (Å²) in [4.78, 5) is 0. The van der Waals surface area contributed by atoms with Gasteiger partial charge in [0.2, 0.25) is 0 Å². The summed E-state index contributed by atoms with van der Waals surface area (Å²) in [5, 5.41) is 13.7. The van der Waals surface area contributed by atoms with E-state index in [1.165, 1.54) is 5.56 Å². The van der Waals surface area contributed by atoms with Crippen molar-refractivity contribution in [3.63, 3.8) is 0 Å². The molecule has 3 nitrogen and oxygen atoms in total. The van der Waals surface area contributed by atoms with E-state index in [9.17, 15) is 5.11 Å². The highest BCUT2D eigenvalue weighted by atomic mass is 16.5. The molecule has 0 amide bonds. The number of benzene rings is 2. The molecule has 2 aromatic carbocycles. The molecular weight excluding hydrogens is 274 g/mol. The van der Waals surface area contributed by atoms with Gasteiger partial charge in [-0.25, -0.2) is 0 Å². The fraction of sp³-hybridized carbons (Fsp3) is 0.368. The predicted octanol–water partition coefficient (Wildman–Crippen LogP) is 3.51. The Kier molecular flexibility index (Phi) is 5.99. The third kappa shape index (κ3) is 4.33. The molecular formula is C19H25NO2. The van der Waals surface area contributed by atoms with E-state index in [-0.39, 0.29) is 6.04 Å². The van der Waals surface area contributed by atoms with Gasteiger partial charge in [0, 0.05) is 12.6 Å². The van der Waals surface area contributed by atoms with Crippen LogP contribution in [0, 0.1) is 0 Å². The van der Waals surface area contributed by atoms with E-state index in [0.29, 0.717) is 12.5 Å². The van der Waals surface area contributed by atoms with Crippen LogP contribution in [0.25, 0.3) is 0 Å². The van der Waals surface area contributed by atoms with Crippen LogP contribution in [0.15, 0.2) is 54.6 Å². The molecule has 0 aliphatic heterocycles. The lowest BCUT2D eigenvalue weighted by Gasteiger charge is -2.23. The maximum absolute atomic E-state index is 10.3. The fourth-order valence-corrected chi connectivity index (χ4v) is 2.49. The molecule has 0 fully saturated rings. The molecule has 0 radical (unpaired) electrons. The van der Waals surface area contributed by atoms with Crippen molar-refractivity contribution in [3.05, 3.63) is 65.7 Å². The van der Waals surface area contributed by atoms with Crippen LogP contribution in [0.5, 0.6) is 5.75 Å². The quantitative estimate of drug-likeness (QED) is 0.822. The molecule has 0 bridgehead atoms. The number of hydrogen-bond donors (Lipinski definition) is 2. The van der Waals surface area contributed by atoms with Crippen LogP contribution < -0.4 is 10.1 Å². The highest BCUT2D eigenvalue weighted by Crippen LogP contribution is 2.21. The third-order valence-corrected chi connectivity index (χ3v) is 4.19. The first-order valence-electron chi connectivity index (χ1n) is 7.72. The Morgan fingerprint density at radius 3 is 2.36 bits per heavy atom. The second kappa shape index (κ2) is 7.97. The average Bonchev–Trinajstić information content (AvgIpc) is 2.59. The summed E-state index contributed by atoms with van der Waals surface area (Å²) in [5.74, 6) is 1.15. The van der Waals surface area contributed by atoms with Crippen LogP contribution in [0.1, 0.15) is 37.0 Å². The Morgan fingerprint density at radius 2 is 1.68 bits per heavy atom. The topological polar surface area (TPSA) is 41.5 Å². The van der Waals surface area contributed by atoms with E-state index in [1.54, 1.807) is 7.11 Å². The first kappa shape index (κ1) is 16.5. The molecule has 0 aromatic heterocycles. The van der Waals surface area contributed by atoms with Gasteiger partial charge in [0.05, 0.1) is 13.2 Å². The summed E-state index contributed by atoms with van der Waals surface area (Å²) >= 11 is 0. The summed E-state index contributed by atoms with van der Waals surface area (Å²) in [6.45, 7) is 4.87. The van der Waals surface area contributed by atoms with Crippen LogP contribution in [0.4, 0.5) is 0 Å². The van der Waals surface area contributed by atoms with Crippen LogP contribution >= 0.6 is 0 Å². The van der Waals surface area contributed by atoms with Crippen molar-refractivity contribution < 1.29 is 9.84 Å². The summed E-state index contributed by atoms with van der Waals surface area (Å²) in [7, 11) is 1.63. The zero-order chi connectivity index (χ0) is 15.9. The summed E-state index contributed by atoms with van der Waals surface area (Å²) in [5.41, 5.74) is 2.17. The molecule has 0 saturated heterocycles. The highest BCUT2D eigenvalue weighted by Gasteiger charge is 2.16. The molecule has 2 rings (SSSR count). The Balaban J connectivity index is 1.91. The lowest BCUT2D eigenvalue weighted by atomic mass is 9.94. The minimum Gasteiger partial charge on any atom is -0.497 e. The zero-order valence-corrected chi connectivity index (χ0v) is 13.5. The minimum absolute atomic E-state index is 0.280. The van der Waals surface area contributed by atoms with Crippen molar-refractivity contribution >= 4 is 0 Å². The largest absolute Gasteiger partial charge is 0.497 e. The lowest BCUT2D eigenvalue weighted by Crippen LogP contribution is -2.34. The van der Waals surface area contributed by atoms with Gasteiger partial charge in [0.25, 0.3) is 0 Å². The normalized spacial score (nSPS) is 15.1. The van der Waals surface area contributed by atoms with E-state index in [2.05, 4.69) is 43.4 Å². The minimum atomic E-state index is -0.541. The van der Waals surface area contributed by atoms with Gasteiger partial charge in [-0.15, -0.1) is 0 Å². The molecule has 118 valence electrons. The SMILES string of the molecule is COc1cccc(C(O)CNC(C)C(C)c2ccccc2)c1. The Morgan fingerprint density at radius 1 is 1.00 bits per heavy atom. The Labute approximate surface area is 133 Å². The molecule has 22 heavy (non-hydrogen) atoms. The Bertz CT molecular complexity index is 571. The van der Waals surface area contributed by atoms with Crippen molar-refractivity contribution in [2.45, 2.75) is 31.9 Å². The van der Waals surface area contributed by atoms with Crippen molar-refractivity contribution in [1.82, 2.24) is 5.32 Å². The van der Waals surface area contributed by atoms with Gasteiger partial charge < -0.3 is 15.2 Å². The first-order chi connectivity index (χ1) is 10.6. The number of aliphatic hydroxyl groups excluding tert-OH is 1. The molecule has 0 aliphatic carbocycles. The number of aliphatic hydroxyl groups is 1. The van der Waals surface area contributed by atoms with Crippen molar-refractivity contribution in [3.8, 4) is 5.75 Å². The van der Waals surface area contributed by atoms with E-state index in [1.807, 2.05) is 30.3 Å². The molecule has 3 unspecified atom stereocenters. The van der Waals surface area contributed by atoms with Gasteiger partial charge in [-0.2, -0.15) is 0 Å².